The standard InChI is InChI=1S/C9H21N3/c1-8(11-6-4-10)7-9-3-2-5-12-9/h8-9,11-12H,2-7,10H2,1H3. The van der Waals surface area contributed by atoms with Crippen molar-refractivity contribution in [3.8, 4) is 0 Å². The Morgan fingerprint density at radius 3 is 3.08 bits per heavy atom. The summed E-state index contributed by atoms with van der Waals surface area (Å²) in [6, 6.07) is 1.34. The molecule has 72 valence electrons. The zero-order chi connectivity index (χ0) is 8.81. The molecule has 3 heteroatoms. The van der Waals surface area contributed by atoms with E-state index >= 15 is 0 Å². The lowest BCUT2D eigenvalue weighted by molar-refractivity contribution is 0.445. The average molecular weight is 171 g/mol. The van der Waals surface area contributed by atoms with Crippen molar-refractivity contribution in [3.05, 3.63) is 0 Å². The van der Waals surface area contributed by atoms with Gasteiger partial charge in [-0.1, -0.05) is 0 Å². The molecule has 1 fully saturated rings. The summed E-state index contributed by atoms with van der Waals surface area (Å²) in [4.78, 5) is 0. The zero-order valence-electron chi connectivity index (χ0n) is 7.97. The largest absolute Gasteiger partial charge is 0.329 e. The van der Waals surface area contributed by atoms with E-state index in [4.69, 9.17) is 5.73 Å². The third-order valence-corrected chi connectivity index (χ3v) is 2.44. The maximum absolute atomic E-state index is 5.41. The van der Waals surface area contributed by atoms with Gasteiger partial charge >= 0.3 is 0 Å². The summed E-state index contributed by atoms with van der Waals surface area (Å²) < 4.78 is 0. The highest BCUT2D eigenvalue weighted by atomic mass is 15.0. The normalized spacial score (nSPS) is 26.0. The molecule has 1 heterocycles. The van der Waals surface area contributed by atoms with Crippen LogP contribution in [0.25, 0.3) is 0 Å². The Morgan fingerprint density at radius 2 is 2.50 bits per heavy atom. The van der Waals surface area contributed by atoms with E-state index in [1.54, 1.807) is 0 Å². The fourth-order valence-corrected chi connectivity index (χ4v) is 1.80. The summed E-state index contributed by atoms with van der Waals surface area (Å²) in [5.74, 6) is 0. The van der Waals surface area contributed by atoms with Crippen molar-refractivity contribution in [3.63, 3.8) is 0 Å². The molecule has 2 atom stereocenters. The number of hydrogen-bond donors (Lipinski definition) is 3. The molecule has 1 rings (SSSR count). The summed E-state index contributed by atoms with van der Waals surface area (Å²) in [6.45, 7) is 5.11. The summed E-state index contributed by atoms with van der Waals surface area (Å²) in [6.07, 6.45) is 3.92. The molecule has 1 aliphatic rings. The molecule has 3 nitrogen and oxygen atoms in total. The number of nitrogens with two attached hydrogens (primary N) is 1. The Morgan fingerprint density at radius 1 is 1.67 bits per heavy atom. The van der Waals surface area contributed by atoms with Gasteiger partial charge < -0.3 is 16.4 Å². The highest BCUT2D eigenvalue weighted by Crippen LogP contribution is 2.10. The first-order chi connectivity index (χ1) is 5.83. The van der Waals surface area contributed by atoms with Gasteiger partial charge in [-0.25, -0.2) is 0 Å². The molecule has 4 N–H and O–H groups in total. The van der Waals surface area contributed by atoms with Gasteiger partial charge in [0, 0.05) is 25.2 Å². The van der Waals surface area contributed by atoms with Crippen molar-refractivity contribution >= 4 is 0 Å². The van der Waals surface area contributed by atoms with E-state index in [0.717, 1.165) is 19.1 Å². The fraction of sp³-hybridized carbons (Fsp3) is 1.00. The fourth-order valence-electron chi connectivity index (χ4n) is 1.80. The van der Waals surface area contributed by atoms with Gasteiger partial charge in [0.25, 0.3) is 0 Å². The first kappa shape index (κ1) is 9.96. The van der Waals surface area contributed by atoms with E-state index in [0.29, 0.717) is 6.04 Å². The van der Waals surface area contributed by atoms with Gasteiger partial charge in [0.2, 0.25) is 0 Å². The molecule has 0 amide bonds. The van der Waals surface area contributed by atoms with Crippen LogP contribution in [0.4, 0.5) is 0 Å². The van der Waals surface area contributed by atoms with E-state index in [9.17, 15) is 0 Å². The molecule has 12 heavy (non-hydrogen) atoms. The van der Waals surface area contributed by atoms with E-state index in [1.165, 1.54) is 25.8 Å². The van der Waals surface area contributed by atoms with Crippen LogP contribution in [-0.2, 0) is 0 Å². The maximum Gasteiger partial charge on any atom is 0.00822 e. The van der Waals surface area contributed by atoms with Crippen molar-refractivity contribution in [2.45, 2.75) is 38.3 Å². The second-order valence-corrected chi connectivity index (χ2v) is 3.67. The van der Waals surface area contributed by atoms with Gasteiger partial charge in [-0.15, -0.1) is 0 Å². The van der Waals surface area contributed by atoms with Crippen LogP contribution in [0.1, 0.15) is 26.2 Å². The second-order valence-electron chi connectivity index (χ2n) is 3.67. The van der Waals surface area contributed by atoms with Crippen molar-refractivity contribution in [1.29, 1.82) is 0 Å². The predicted molar refractivity (Wildman–Crippen MR) is 52.2 cm³/mol. The topological polar surface area (TPSA) is 50.1 Å². The molecule has 0 aromatic rings. The summed E-state index contributed by atoms with van der Waals surface area (Å²) >= 11 is 0. The maximum atomic E-state index is 5.41. The minimum absolute atomic E-state index is 0.601. The van der Waals surface area contributed by atoms with Crippen LogP contribution in [0.3, 0.4) is 0 Å². The van der Waals surface area contributed by atoms with Gasteiger partial charge in [-0.3, -0.25) is 0 Å². The molecule has 1 saturated heterocycles. The first-order valence-corrected chi connectivity index (χ1v) is 4.99. The molecule has 0 aromatic carbocycles. The van der Waals surface area contributed by atoms with Crippen molar-refractivity contribution < 1.29 is 0 Å². The van der Waals surface area contributed by atoms with Crippen LogP contribution in [0.5, 0.6) is 0 Å². The molecule has 0 aromatic heterocycles. The molecule has 0 radical (unpaired) electrons. The molecule has 0 saturated carbocycles. The number of nitrogens with one attached hydrogen (secondary N) is 2. The average Bonchev–Trinajstić information content (AvgIpc) is 2.53. The van der Waals surface area contributed by atoms with E-state index < -0.39 is 0 Å². The Balaban J connectivity index is 2.03. The van der Waals surface area contributed by atoms with Crippen LogP contribution >= 0.6 is 0 Å². The van der Waals surface area contributed by atoms with Gasteiger partial charge in [0.15, 0.2) is 0 Å². The zero-order valence-corrected chi connectivity index (χ0v) is 7.97. The molecule has 0 bridgehead atoms. The van der Waals surface area contributed by atoms with Gasteiger partial charge in [0.1, 0.15) is 0 Å². The third-order valence-electron chi connectivity index (χ3n) is 2.44. The first-order valence-electron chi connectivity index (χ1n) is 4.99. The van der Waals surface area contributed by atoms with Crippen molar-refractivity contribution in [2.75, 3.05) is 19.6 Å². The van der Waals surface area contributed by atoms with E-state index in [2.05, 4.69) is 17.6 Å². The summed E-state index contributed by atoms with van der Waals surface area (Å²) in [5.41, 5.74) is 5.41. The van der Waals surface area contributed by atoms with Crippen molar-refractivity contribution in [2.24, 2.45) is 5.73 Å². The molecule has 0 aliphatic carbocycles. The lowest BCUT2D eigenvalue weighted by Crippen LogP contribution is -2.36. The lowest BCUT2D eigenvalue weighted by Gasteiger charge is -2.17. The van der Waals surface area contributed by atoms with Crippen LogP contribution in [-0.4, -0.2) is 31.7 Å². The van der Waals surface area contributed by atoms with Crippen LogP contribution in [0.15, 0.2) is 0 Å². The number of hydrogen-bond acceptors (Lipinski definition) is 3. The third kappa shape index (κ3) is 3.52. The van der Waals surface area contributed by atoms with Gasteiger partial charge in [-0.2, -0.15) is 0 Å². The highest BCUT2D eigenvalue weighted by molar-refractivity contribution is 4.78. The summed E-state index contributed by atoms with van der Waals surface area (Å²) in [7, 11) is 0. The van der Waals surface area contributed by atoms with E-state index in [-0.39, 0.29) is 0 Å². The minimum atomic E-state index is 0.601. The molecular weight excluding hydrogens is 150 g/mol. The SMILES string of the molecule is CC(CC1CCCN1)NCCN. The van der Waals surface area contributed by atoms with E-state index in [1.807, 2.05) is 0 Å². The monoisotopic (exact) mass is 171 g/mol. The highest BCUT2D eigenvalue weighted by Gasteiger charge is 2.16. The smallest absolute Gasteiger partial charge is 0.00822 e. The Labute approximate surface area is 75.1 Å². The Bertz CT molecular complexity index is 110. The van der Waals surface area contributed by atoms with Gasteiger partial charge in [0.05, 0.1) is 0 Å². The molecular formula is C9H21N3. The van der Waals surface area contributed by atoms with Crippen LogP contribution in [0, 0.1) is 0 Å². The Hall–Kier alpha value is -0.120. The molecule has 2 unspecified atom stereocenters. The predicted octanol–water partition coefficient (Wildman–Crippen LogP) is 0.0653. The molecule has 0 spiro atoms. The Kier molecular flexibility index (Phi) is 4.58. The van der Waals surface area contributed by atoms with Crippen LogP contribution < -0.4 is 16.4 Å². The molecule has 1 aliphatic heterocycles. The summed E-state index contributed by atoms with van der Waals surface area (Å²) in [5, 5.41) is 6.89. The lowest BCUT2D eigenvalue weighted by atomic mass is 10.1. The number of rotatable bonds is 5. The minimum Gasteiger partial charge on any atom is -0.329 e. The van der Waals surface area contributed by atoms with Gasteiger partial charge in [-0.05, 0) is 32.7 Å². The van der Waals surface area contributed by atoms with Crippen LogP contribution in [0.2, 0.25) is 0 Å². The second kappa shape index (κ2) is 5.51. The van der Waals surface area contributed by atoms with Crippen molar-refractivity contribution in [1.82, 2.24) is 10.6 Å². The quantitative estimate of drug-likeness (QED) is 0.548.